The van der Waals surface area contributed by atoms with Crippen LogP contribution in [-0.4, -0.2) is 37.9 Å². The van der Waals surface area contributed by atoms with Gasteiger partial charge >= 0.3 is 0 Å². The van der Waals surface area contributed by atoms with Crippen LogP contribution in [0.25, 0.3) is 11.1 Å². The summed E-state index contributed by atoms with van der Waals surface area (Å²) < 4.78 is 0. The Kier molecular flexibility index (Phi) is 7.09. The number of benzene rings is 3. The fraction of sp³-hybridized carbons (Fsp3) is 0.214. The zero-order valence-electron chi connectivity index (χ0n) is 19.7. The smallest absolute Gasteiger partial charge is 0.247 e. The van der Waals surface area contributed by atoms with Crippen LogP contribution >= 0.6 is 0 Å². The van der Waals surface area contributed by atoms with Gasteiger partial charge in [0.1, 0.15) is 0 Å². The van der Waals surface area contributed by atoms with Crippen molar-refractivity contribution in [3.63, 3.8) is 0 Å². The molecule has 34 heavy (non-hydrogen) atoms. The number of piperazine rings is 1. The number of hydrogen-bond donors (Lipinski definition) is 3. The van der Waals surface area contributed by atoms with Crippen LogP contribution in [0, 0.1) is 6.92 Å². The third-order valence-corrected chi connectivity index (χ3v) is 6.03. The maximum absolute atomic E-state index is 12.5. The molecule has 1 aliphatic heterocycles. The molecule has 0 aliphatic carbocycles. The number of carbonyl (C=O) groups is 2. The topological polar surface area (TPSA) is 73.5 Å². The molecule has 4 rings (SSSR count). The molecule has 0 unspecified atom stereocenters. The molecule has 6 heteroatoms. The van der Waals surface area contributed by atoms with Crippen LogP contribution in [0.4, 0.5) is 22.7 Å². The van der Waals surface area contributed by atoms with E-state index in [9.17, 15) is 9.59 Å². The van der Waals surface area contributed by atoms with Crippen molar-refractivity contribution in [1.29, 1.82) is 0 Å². The average Bonchev–Trinajstić information content (AvgIpc) is 2.86. The van der Waals surface area contributed by atoms with Crippen LogP contribution in [0.1, 0.15) is 22.8 Å². The molecule has 0 saturated carbocycles. The number of hydrogen-bond acceptors (Lipinski definition) is 5. The molecule has 0 bridgehead atoms. The van der Waals surface area contributed by atoms with Crippen molar-refractivity contribution in [2.45, 2.75) is 13.8 Å². The van der Waals surface area contributed by atoms with Crippen molar-refractivity contribution < 1.29 is 9.59 Å². The Morgan fingerprint density at radius 2 is 1.62 bits per heavy atom. The van der Waals surface area contributed by atoms with Crippen molar-refractivity contribution in [2.24, 2.45) is 0 Å². The zero-order valence-corrected chi connectivity index (χ0v) is 19.7. The molecule has 1 heterocycles. The van der Waals surface area contributed by atoms with E-state index >= 15 is 0 Å². The second-order valence-corrected chi connectivity index (χ2v) is 8.45. The van der Waals surface area contributed by atoms with E-state index in [0.717, 1.165) is 54.2 Å². The largest absolute Gasteiger partial charge is 0.369 e. The minimum atomic E-state index is -0.254. The monoisotopic (exact) mass is 454 g/mol. The van der Waals surface area contributed by atoms with Gasteiger partial charge < -0.3 is 20.9 Å². The highest BCUT2D eigenvalue weighted by Gasteiger charge is 2.13. The molecule has 0 atom stereocenters. The van der Waals surface area contributed by atoms with E-state index in [1.807, 2.05) is 43.3 Å². The van der Waals surface area contributed by atoms with Gasteiger partial charge in [-0.1, -0.05) is 24.8 Å². The molecular weight excluding hydrogens is 424 g/mol. The Morgan fingerprint density at radius 3 is 2.26 bits per heavy atom. The van der Waals surface area contributed by atoms with Gasteiger partial charge in [-0.3, -0.25) is 9.59 Å². The highest BCUT2D eigenvalue weighted by atomic mass is 16.1. The van der Waals surface area contributed by atoms with Crippen molar-refractivity contribution in [3.8, 4) is 11.1 Å². The number of carbonyl (C=O) groups excluding carboxylic acids is 2. The number of amides is 1. The van der Waals surface area contributed by atoms with Crippen LogP contribution in [0.15, 0.2) is 73.3 Å². The van der Waals surface area contributed by atoms with Crippen LogP contribution in [-0.2, 0) is 4.79 Å². The molecule has 6 nitrogen and oxygen atoms in total. The molecule has 3 N–H and O–H groups in total. The molecule has 3 aromatic rings. The van der Waals surface area contributed by atoms with Crippen LogP contribution in [0.3, 0.4) is 0 Å². The van der Waals surface area contributed by atoms with Crippen LogP contribution in [0.2, 0.25) is 0 Å². The minimum absolute atomic E-state index is 0.00527. The van der Waals surface area contributed by atoms with Gasteiger partial charge in [0.2, 0.25) is 5.91 Å². The molecule has 1 aliphatic rings. The van der Waals surface area contributed by atoms with E-state index in [4.69, 9.17) is 0 Å². The Morgan fingerprint density at radius 1 is 0.941 bits per heavy atom. The lowest BCUT2D eigenvalue weighted by Gasteiger charge is -2.29. The summed E-state index contributed by atoms with van der Waals surface area (Å²) in [4.78, 5) is 26.4. The van der Waals surface area contributed by atoms with Gasteiger partial charge in [0.15, 0.2) is 5.78 Å². The Bertz CT molecular complexity index is 1210. The maximum atomic E-state index is 12.5. The van der Waals surface area contributed by atoms with Crippen molar-refractivity contribution >= 4 is 34.4 Å². The SMILES string of the molecule is C=CC(=O)Nc1ccc(Nc2ccc(-c3ccc(N4CCNCC4)cc3)cc2C(C)=O)c(C)c1. The van der Waals surface area contributed by atoms with E-state index < -0.39 is 0 Å². The summed E-state index contributed by atoms with van der Waals surface area (Å²) >= 11 is 0. The molecule has 0 aromatic heterocycles. The van der Waals surface area contributed by atoms with Crippen LogP contribution < -0.4 is 20.9 Å². The van der Waals surface area contributed by atoms with E-state index in [0.29, 0.717) is 11.3 Å². The first-order valence-corrected chi connectivity index (χ1v) is 11.5. The first-order valence-electron chi connectivity index (χ1n) is 11.5. The van der Waals surface area contributed by atoms with Gasteiger partial charge in [-0.15, -0.1) is 0 Å². The predicted molar refractivity (Wildman–Crippen MR) is 140 cm³/mol. The predicted octanol–water partition coefficient (Wildman–Crippen LogP) is 5.14. The Hall–Kier alpha value is -3.90. The van der Waals surface area contributed by atoms with E-state index in [2.05, 4.69) is 51.7 Å². The number of nitrogens with one attached hydrogen (secondary N) is 3. The zero-order chi connectivity index (χ0) is 24.1. The fourth-order valence-electron chi connectivity index (χ4n) is 4.13. The summed E-state index contributed by atoms with van der Waals surface area (Å²) in [6.45, 7) is 11.0. The van der Waals surface area contributed by atoms with Gasteiger partial charge in [0.05, 0.1) is 0 Å². The number of ketones is 1. The Balaban J connectivity index is 1.56. The summed E-state index contributed by atoms with van der Waals surface area (Å²) in [6, 6.07) is 20.0. The average molecular weight is 455 g/mol. The normalized spacial score (nSPS) is 13.3. The lowest BCUT2D eigenvalue weighted by atomic mass is 9.99. The third kappa shape index (κ3) is 5.35. The van der Waals surface area contributed by atoms with Crippen molar-refractivity contribution in [3.05, 3.63) is 84.4 Å². The molecular formula is C28H30N4O2. The molecule has 0 spiro atoms. The number of anilines is 4. The second-order valence-electron chi connectivity index (χ2n) is 8.45. The van der Waals surface area contributed by atoms with E-state index in [-0.39, 0.29) is 11.7 Å². The van der Waals surface area contributed by atoms with Gasteiger partial charge in [0, 0.05) is 54.5 Å². The molecule has 1 amide bonds. The van der Waals surface area contributed by atoms with Gasteiger partial charge in [-0.25, -0.2) is 0 Å². The van der Waals surface area contributed by atoms with Gasteiger partial charge in [0.25, 0.3) is 0 Å². The van der Waals surface area contributed by atoms with Gasteiger partial charge in [-0.2, -0.15) is 0 Å². The lowest BCUT2D eigenvalue weighted by Crippen LogP contribution is -2.43. The third-order valence-electron chi connectivity index (χ3n) is 6.03. The number of aryl methyl sites for hydroxylation is 1. The van der Waals surface area contributed by atoms with E-state index in [1.165, 1.54) is 11.8 Å². The number of Topliss-reactive ketones (excluding diaryl/α,β-unsaturated/α-hetero) is 1. The summed E-state index contributed by atoms with van der Waals surface area (Å²) in [5, 5.41) is 9.52. The standard InChI is InChI=1S/C28H30N4O2/c1-4-28(34)30-23-8-12-26(19(2)17-23)31-27-11-7-22(18-25(27)20(3)33)21-5-9-24(10-6-21)32-15-13-29-14-16-32/h4-12,17-18,29,31H,1,13-16H2,2-3H3,(H,30,34). The quantitative estimate of drug-likeness (QED) is 0.340. The van der Waals surface area contributed by atoms with Gasteiger partial charge in [-0.05, 0) is 79.1 Å². The number of rotatable bonds is 7. The van der Waals surface area contributed by atoms with E-state index in [1.54, 1.807) is 6.92 Å². The molecule has 1 saturated heterocycles. The molecule has 3 aromatic carbocycles. The Labute approximate surface area is 200 Å². The molecule has 174 valence electrons. The highest BCUT2D eigenvalue weighted by Crippen LogP contribution is 2.31. The number of nitrogens with zero attached hydrogens (tertiary/aromatic N) is 1. The second kappa shape index (κ2) is 10.4. The lowest BCUT2D eigenvalue weighted by molar-refractivity contribution is -0.111. The van der Waals surface area contributed by atoms with Crippen molar-refractivity contribution in [1.82, 2.24) is 5.32 Å². The highest BCUT2D eigenvalue weighted by molar-refractivity contribution is 6.02. The fourth-order valence-corrected chi connectivity index (χ4v) is 4.13. The summed E-state index contributed by atoms with van der Waals surface area (Å²) in [5.41, 5.74) is 7.19. The summed E-state index contributed by atoms with van der Waals surface area (Å²) in [6.07, 6.45) is 1.24. The minimum Gasteiger partial charge on any atom is -0.369 e. The first-order chi connectivity index (χ1) is 16.4. The van der Waals surface area contributed by atoms with Crippen LogP contribution in [0.5, 0.6) is 0 Å². The molecule has 0 radical (unpaired) electrons. The maximum Gasteiger partial charge on any atom is 0.247 e. The van der Waals surface area contributed by atoms with Crippen molar-refractivity contribution in [2.75, 3.05) is 41.7 Å². The summed E-state index contributed by atoms with van der Waals surface area (Å²) in [5.74, 6) is -0.259. The first kappa shape index (κ1) is 23.3. The summed E-state index contributed by atoms with van der Waals surface area (Å²) in [7, 11) is 0. The molecule has 1 fully saturated rings.